The molecule has 6 nitrogen and oxygen atoms in total. The molecule has 0 amide bonds. The number of benzene rings is 2. The van der Waals surface area contributed by atoms with Gasteiger partial charge in [0.2, 0.25) is 5.88 Å². The second kappa shape index (κ2) is 12.3. The second-order valence-corrected chi connectivity index (χ2v) is 8.62. The van der Waals surface area contributed by atoms with Gasteiger partial charge in [0.25, 0.3) is 0 Å². The van der Waals surface area contributed by atoms with Crippen molar-refractivity contribution in [3.8, 4) is 35.2 Å². The number of nitrogens with zero attached hydrogens (tertiary/aromatic N) is 3. The fourth-order valence-corrected chi connectivity index (χ4v) is 3.83. The molecule has 1 aromatic heterocycles. The maximum absolute atomic E-state index is 14.4. The van der Waals surface area contributed by atoms with E-state index in [1.165, 1.54) is 6.07 Å². The van der Waals surface area contributed by atoms with Crippen molar-refractivity contribution in [1.29, 1.82) is 0 Å². The number of aromatic nitrogens is 2. The molecule has 0 saturated heterocycles. The lowest BCUT2D eigenvalue weighted by Gasteiger charge is -2.27. The second-order valence-electron chi connectivity index (χ2n) is 8.62. The van der Waals surface area contributed by atoms with Crippen molar-refractivity contribution in [2.75, 3.05) is 26.3 Å². The lowest BCUT2D eigenvalue weighted by Crippen LogP contribution is -2.37. The Morgan fingerprint density at radius 1 is 1.12 bits per heavy atom. The van der Waals surface area contributed by atoms with Gasteiger partial charge < -0.3 is 14.6 Å². The molecule has 0 saturated carbocycles. The van der Waals surface area contributed by atoms with E-state index in [1.54, 1.807) is 29.9 Å². The molecule has 0 radical (unpaired) electrons. The maximum Gasteiger partial charge on any atom is 0.222 e. The number of para-hydroxylation sites is 1. The summed E-state index contributed by atoms with van der Waals surface area (Å²) in [6.07, 6.45) is 4.52. The van der Waals surface area contributed by atoms with Gasteiger partial charge >= 0.3 is 0 Å². The largest absolute Gasteiger partial charge is 0.436 e. The van der Waals surface area contributed by atoms with Crippen molar-refractivity contribution >= 4 is 0 Å². The van der Waals surface area contributed by atoms with Crippen molar-refractivity contribution in [2.45, 2.75) is 26.5 Å². The van der Waals surface area contributed by atoms with Crippen molar-refractivity contribution in [2.24, 2.45) is 13.0 Å². The number of terminal acetylenes is 1. The van der Waals surface area contributed by atoms with Gasteiger partial charge in [-0.1, -0.05) is 62.2 Å². The lowest BCUT2D eigenvalue weighted by molar-refractivity contribution is 0.0237. The van der Waals surface area contributed by atoms with E-state index in [9.17, 15) is 9.50 Å². The quantitative estimate of drug-likeness (QED) is 0.316. The van der Waals surface area contributed by atoms with E-state index >= 15 is 0 Å². The summed E-state index contributed by atoms with van der Waals surface area (Å²) in [4.78, 5) is 2.13. The Morgan fingerprint density at radius 3 is 2.50 bits per heavy atom. The zero-order chi connectivity index (χ0) is 24.5. The summed E-state index contributed by atoms with van der Waals surface area (Å²) in [6.45, 7) is 6.10. The number of aryl methyl sites for hydroxylation is 1. The van der Waals surface area contributed by atoms with Gasteiger partial charge in [-0.3, -0.25) is 4.90 Å². The van der Waals surface area contributed by atoms with Crippen molar-refractivity contribution < 1.29 is 19.0 Å². The van der Waals surface area contributed by atoms with E-state index in [1.807, 2.05) is 30.3 Å². The Hall–Kier alpha value is -3.18. The van der Waals surface area contributed by atoms with E-state index in [-0.39, 0.29) is 19.0 Å². The number of hydrogen-bond donors (Lipinski definition) is 1. The lowest BCUT2D eigenvalue weighted by atomic mass is 10.1. The predicted octanol–water partition coefficient (Wildman–Crippen LogP) is 4.49. The first kappa shape index (κ1) is 25.4. The molecule has 2 aromatic carbocycles. The molecule has 0 unspecified atom stereocenters. The smallest absolute Gasteiger partial charge is 0.222 e. The molecule has 7 heteroatoms. The molecular formula is C27H32FN3O3. The van der Waals surface area contributed by atoms with Crippen LogP contribution >= 0.6 is 0 Å². The van der Waals surface area contributed by atoms with Gasteiger partial charge in [0.1, 0.15) is 12.3 Å². The molecule has 180 valence electrons. The van der Waals surface area contributed by atoms with Crippen molar-refractivity contribution in [3.05, 3.63) is 66.0 Å². The molecule has 0 aliphatic carbocycles. The van der Waals surface area contributed by atoms with Gasteiger partial charge in [0.05, 0.1) is 18.3 Å². The Balaban J connectivity index is 1.96. The molecule has 34 heavy (non-hydrogen) atoms. The topological polar surface area (TPSA) is 59.8 Å². The van der Waals surface area contributed by atoms with E-state index in [2.05, 4.69) is 24.7 Å². The minimum Gasteiger partial charge on any atom is -0.436 e. The number of hydrogen-bond acceptors (Lipinski definition) is 5. The summed E-state index contributed by atoms with van der Waals surface area (Å²) in [6, 6.07) is 16.1. The monoisotopic (exact) mass is 465 g/mol. The number of aliphatic hydroxyl groups excluding tert-OH is 1. The third-order valence-corrected chi connectivity index (χ3v) is 5.15. The van der Waals surface area contributed by atoms with Crippen LogP contribution in [0.2, 0.25) is 0 Å². The normalized spacial score (nSPS) is 12.2. The van der Waals surface area contributed by atoms with E-state index in [4.69, 9.17) is 21.0 Å². The van der Waals surface area contributed by atoms with Crippen LogP contribution in [0, 0.1) is 24.1 Å². The van der Waals surface area contributed by atoms with Crippen molar-refractivity contribution in [3.63, 3.8) is 0 Å². The summed E-state index contributed by atoms with van der Waals surface area (Å²) < 4.78 is 27.4. The van der Waals surface area contributed by atoms with Gasteiger partial charge in [0.15, 0.2) is 11.6 Å². The first-order chi connectivity index (χ1) is 16.4. The van der Waals surface area contributed by atoms with E-state index in [0.717, 1.165) is 23.4 Å². The van der Waals surface area contributed by atoms with Crippen LogP contribution in [0.4, 0.5) is 4.39 Å². The Labute approximate surface area is 200 Å². The molecule has 0 aliphatic rings. The highest BCUT2D eigenvalue weighted by Gasteiger charge is 2.24. The molecule has 0 bridgehead atoms. The molecule has 1 atom stereocenters. The molecule has 1 N–H and O–H groups in total. The fourth-order valence-electron chi connectivity index (χ4n) is 3.83. The first-order valence-corrected chi connectivity index (χ1v) is 11.3. The Kier molecular flexibility index (Phi) is 9.23. The summed E-state index contributed by atoms with van der Waals surface area (Å²) in [7, 11) is 1.78. The summed E-state index contributed by atoms with van der Waals surface area (Å²) >= 11 is 0. The minimum atomic E-state index is -0.708. The third kappa shape index (κ3) is 6.91. The standard InChI is InChI=1S/C27H32FN3O3/c1-5-15-33-19-22(32)17-31(16-20(2)3)18-23-26(21-11-7-6-8-12-21)29-30(4)27(23)34-25-14-10-9-13-24(25)28/h1,6-14,20,22,32H,15-19H2,2-4H3/t22-/m0/s1. The predicted molar refractivity (Wildman–Crippen MR) is 131 cm³/mol. The van der Waals surface area contributed by atoms with Crippen LogP contribution in [-0.4, -0.2) is 52.2 Å². The summed E-state index contributed by atoms with van der Waals surface area (Å²) in [5.41, 5.74) is 2.49. The zero-order valence-corrected chi connectivity index (χ0v) is 19.9. The van der Waals surface area contributed by atoms with Gasteiger partial charge in [-0.15, -0.1) is 6.42 Å². The van der Waals surface area contributed by atoms with Crippen LogP contribution in [0.5, 0.6) is 11.6 Å². The van der Waals surface area contributed by atoms with E-state index in [0.29, 0.717) is 24.9 Å². The zero-order valence-electron chi connectivity index (χ0n) is 19.9. The van der Waals surface area contributed by atoms with Gasteiger partial charge in [0, 0.05) is 32.2 Å². The van der Waals surface area contributed by atoms with Crippen LogP contribution in [0.1, 0.15) is 19.4 Å². The van der Waals surface area contributed by atoms with Gasteiger partial charge in [-0.2, -0.15) is 5.10 Å². The molecule has 1 heterocycles. The van der Waals surface area contributed by atoms with E-state index < -0.39 is 11.9 Å². The minimum absolute atomic E-state index is 0.129. The number of ether oxygens (including phenoxy) is 2. The molecule has 3 rings (SSSR count). The molecule has 0 aliphatic heterocycles. The average molecular weight is 466 g/mol. The van der Waals surface area contributed by atoms with Crippen molar-refractivity contribution in [1.82, 2.24) is 14.7 Å². The number of rotatable bonds is 12. The SMILES string of the molecule is C#CCOC[C@@H](O)CN(Cc1c(-c2ccccc2)nn(C)c1Oc1ccccc1F)CC(C)C. The summed E-state index contributed by atoms with van der Waals surface area (Å²) in [5.74, 6) is 2.90. The number of halogens is 1. The van der Waals surface area contributed by atoms with Crippen LogP contribution in [0.25, 0.3) is 11.3 Å². The van der Waals surface area contributed by atoms with Crippen LogP contribution in [-0.2, 0) is 18.3 Å². The third-order valence-electron chi connectivity index (χ3n) is 5.15. The highest BCUT2D eigenvalue weighted by Crippen LogP contribution is 2.35. The summed E-state index contributed by atoms with van der Waals surface area (Å²) in [5, 5.41) is 15.2. The average Bonchev–Trinajstić information content (AvgIpc) is 3.10. The number of aliphatic hydroxyl groups is 1. The molecule has 3 aromatic rings. The van der Waals surface area contributed by atoms with Gasteiger partial charge in [-0.25, -0.2) is 9.07 Å². The Bertz CT molecular complexity index is 1090. The highest BCUT2D eigenvalue weighted by atomic mass is 19.1. The Morgan fingerprint density at radius 2 is 1.82 bits per heavy atom. The highest BCUT2D eigenvalue weighted by molar-refractivity contribution is 5.65. The molecular weight excluding hydrogens is 433 g/mol. The van der Waals surface area contributed by atoms with Crippen LogP contribution in [0.3, 0.4) is 0 Å². The first-order valence-electron chi connectivity index (χ1n) is 11.3. The maximum atomic E-state index is 14.4. The fraction of sp³-hybridized carbons (Fsp3) is 0.370. The van der Waals surface area contributed by atoms with Crippen LogP contribution in [0.15, 0.2) is 54.6 Å². The molecule has 0 fully saturated rings. The molecule has 0 spiro atoms. The van der Waals surface area contributed by atoms with Crippen LogP contribution < -0.4 is 4.74 Å². The van der Waals surface area contributed by atoms with Gasteiger partial charge in [-0.05, 0) is 18.1 Å².